The molecule has 1 aromatic heterocycles. The Morgan fingerprint density at radius 2 is 1.93 bits per heavy atom. The molecule has 1 amide bonds. The van der Waals surface area contributed by atoms with E-state index in [1.165, 1.54) is 23.9 Å². The van der Waals surface area contributed by atoms with Crippen molar-refractivity contribution in [2.75, 3.05) is 43.9 Å². The molecule has 1 saturated heterocycles. The average Bonchev–Trinajstić information content (AvgIpc) is 3.07. The van der Waals surface area contributed by atoms with E-state index >= 15 is 4.39 Å². The fourth-order valence-electron chi connectivity index (χ4n) is 5.83. The summed E-state index contributed by atoms with van der Waals surface area (Å²) >= 11 is 8.31. The molecule has 3 heterocycles. The number of nitrogens with zero attached hydrogens (tertiary/aromatic N) is 4. The summed E-state index contributed by atoms with van der Waals surface area (Å²) in [6.07, 6.45) is -0.303. The number of ether oxygens (including phenoxy) is 1. The van der Waals surface area contributed by atoms with Gasteiger partial charge in [0.15, 0.2) is 0 Å². The van der Waals surface area contributed by atoms with Gasteiger partial charge in [0, 0.05) is 71.9 Å². The molecule has 40 heavy (non-hydrogen) atoms. The minimum atomic E-state index is -0.740. The van der Waals surface area contributed by atoms with E-state index in [1.54, 1.807) is 17.6 Å². The number of hydrogen-bond acceptors (Lipinski definition) is 7. The van der Waals surface area contributed by atoms with Crippen molar-refractivity contribution in [2.24, 2.45) is 0 Å². The number of likely N-dealkylation sites (N-methyl/N-ethyl adjacent to an activating group) is 1. The molecule has 0 aliphatic carbocycles. The Morgan fingerprint density at radius 3 is 2.58 bits per heavy atom. The summed E-state index contributed by atoms with van der Waals surface area (Å²) in [5.74, 6) is -0.462. The number of carbonyl (C=O) groups is 1. The Balaban J connectivity index is 1.71. The average molecular weight is 592 g/mol. The Bertz CT molecular complexity index is 1510. The van der Waals surface area contributed by atoms with Crippen molar-refractivity contribution in [3.05, 3.63) is 51.4 Å². The first kappa shape index (κ1) is 28.8. The Labute approximate surface area is 240 Å². The number of amides is 1. The van der Waals surface area contributed by atoms with Gasteiger partial charge in [-0.05, 0) is 39.1 Å². The van der Waals surface area contributed by atoms with Crippen LogP contribution in [0.2, 0.25) is 5.02 Å². The first-order chi connectivity index (χ1) is 19.1. The molecule has 0 bridgehead atoms. The molecular weight excluding hydrogens is 560 g/mol. The summed E-state index contributed by atoms with van der Waals surface area (Å²) < 4.78 is 36.6. The number of carbonyl (C=O) groups excluding carboxylic acids is 1. The van der Waals surface area contributed by atoms with Crippen LogP contribution in [0.5, 0.6) is 0 Å². The second-order valence-corrected chi connectivity index (χ2v) is 11.8. The van der Waals surface area contributed by atoms with Crippen molar-refractivity contribution in [2.45, 2.75) is 50.4 Å². The van der Waals surface area contributed by atoms with Gasteiger partial charge in [0.25, 0.3) is 0 Å². The largest absolute Gasteiger partial charge is 0.374 e. The number of nitrogens with one attached hydrogen (secondary N) is 1. The number of piperazine rings is 1. The van der Waals surface area contributed by atoms with Gasteiger partial charge in [-0.15, -0.1) is 11.8 Å². The van der Waals surface area contributed by atoms with Crippen molar-refractivity contribution in [1.82, 2.24) is 19.8 Å². The minimum absolute atomic E-state index is 0.00390. The van der Waals surface area contributed by atoms with Crippen LogP contribution in [0.1, 0.15) is 20.8 Å². The number of hydrogen-bond donors (Lipinski definition) is 1. The zero-order valence-corrected chi connectivity index (χ0v) is 24.4. The Morgan fingerprint density at radius 1 is 1.20 bits per heavy atom. The standard InChI is InChI=1S/C28H32ClF2N5O3S/c1-15-11-34(12-16(2)36(15)17(3)37)27-21-10-22(29)24(20-6-5-18(30)9-23(20)31)26-25(21)35(28(38)33-27)13-19(14-40-26)39-8-7-32-4/h5-6,9-10,15-16,19,32H,7-8,11-14H2,1-4H3/t15-,16+,19?. The molecule has 12 heteroatoms. The van der Waals surface area contributed by atoms with Gasteiger partial charge in [0.2, 0.25) is 5.91 Å². The molecule has 0 radical (unpaired) electrons. The normalized spacial score (nSPS) is 21.1. The lowest BCUT2D eigenvalue weighted by atomic mass is 10.0. The van der Waals surface area contributed by atoms with Crippen molar-refractivity contribution >= 4 is 46.0 Å². The van der Waals surface area contributed by atoms with Crippen molar-refractivity contribution in [1.29, 1.82) is 0 Å². The predicted molar refractivity (Wildman–Crippen MR) is 154 cm³/mol. The molecule has 1 unspecified atom stereocenters. The molecule has 3 atom stereocenters. The van der Waals surface area contributed by atoms with Crippen molar-refractivity contribution in [3.8, 4) is 11.1 Å². The summed E-state index contributed by atoms with van der Waals surface area (Å²) in [6.45, 7) is 7.84. The molecule has 1 N–H and O–H groups in total. The second kappa shape index (κ2) is 11.6. The molecule has 5 rings (SSSR count). The third kappa shape index (κ3) is 5.32. The lowest BCUT2D eigenvalue weighted by Gasteiger charge is -2.44. The number of rotatable bonds is 6. The zero-order chi connectivity index (χ0) is 28.7. The van der Waals surface area contributed by atoms with Crippen LogP contribution in [0.3, 0.4) is 0 Å². The number of anilines is 1. The first-order valence-electron chi connectivity index (χ1n) is 13.3. The number of benzene rings is 2. The van der Waals surface area contributed by atoms with E-state index in [-0.39, 0.29) is 41.2 Å². The molecule has 0 spiro atoms. The maximum absolute atomic E-state index is 15.1. The Kier molecular flexibility index (Phi) is 8.37. The van der Waals surface area contributed by atoms with Gasteiger partial charge < -0.3 is 19.9 Å². The molecule has 3 aromatic rings. The van der Waals surface area contributed by atoms with E-state index in [1.807, 2.05) is 30.7 Å². The maximum Gasteiger partial charge on any atom is 0.350 e. The fourth-order valence-corrected chi connectivity index (χ4v) is 7.47. The predicted octanol–water partition coefficient (Wildman–Crippen LogP) is 4.15. The number of halogens is 3. The van der Waals surface area contributed by atoms with Gasteiger partial charge in [-0.2, -0.15) is 4.98 Å². The fraction of sp³-hybridized carbons (Fsp3) is 0.464. The molecule has 8 nitrogen and oxygen atoms in total. The highest BCUT2D eigenvalue weighted by molar-refractivity contribution is 7.99. The second-order valence-electron chi connectivity index (χ2n) is 10.3. The van der Waals surface area contributed by atoms with Gasteiger partial charge in [-0.1, -0.05) is 11.6 Å². The van der Waals surface area contributed by atoms with Gasteiger partial charge in [0.1, 0.15) is 17.5 Å². The van der Waals surface area contributed by atoms with Crippen LogP contribution in [0.4, 0.5) is 14.6 Å². The van der Waals surface area contributed by atoms with E-state index in [4.69, 9.17) is 16.3 Å². The van der Waals surface area contributed by atoms with E-state index in [9.17, 15) is 14.0 Å². The summed E-state index contributed by atoms with van der Waals surface area (Å²) in [6, 6.07) is 4.91. The van der Waals surface area contributed by atoms with Crippen molar-refractivity contribution < 1.29 is 18.3 Å². The third-order valence-electron chi connectivity index (χ3n) is 7.44. The summed E-state index contributed by atoms with van der Waals surface area (Å²) in [4.78, 5) is 34.9. The molecule has 0 saturated carbocycles. The molecule has 1 fully saturated rings. The van der Waals surface area contributed by atoms with Crippen LogP contribution in [-0.2, 0) is 16.1 Å². The molecule has 2 aromatic carbocycles. The highest BCUT2D eigenvalue weighted by Gasteiger charge is 2.34. The highest BCUT2D eigenvalue weighted by atomic mass is 35.5. The van der Waals surface area contributed by atoms with Gasteiger partial charge in [-0.3, -0.25) is 9.36 Å². The smallest absolute Gasteiger partial charge is 0.350 e. The lowest BCUT2D eigenvalue weighted by Crippen LogP contribution is -2.58. The molecule has 214 valence electrons. The molecule has 2 aliphatic rings. The van der Waals surface area contributed by atoms with Crippen LogP contribution in [-0.4, -0.2) is 77.6 Å². The maximum atomic E-state index is 15.1. The van der Waals surface area contributed by atoms with Crippen LogP contribution >= 0.6 is 23.4 Å². The highest BCUT2D eigenvalue weighted by Crippen LogP contribution is 2.46. The quantitative estimate of drug-likeness (QED) is 0.432. The van der Waals surface area contributed by atoms with Crippen molar-refractivity contribution in [3.63, 3.8) is 0 Å². The lowest BCUT2D eigenvalue weighted by molar-refractivity contribution is -0.133. The third-order valence-corrected chi connectivity index (χ3v) is 8.96. The first-order valence-corrected chi connectivity index (χ1v) is 14.6. The van der Waals surface area contributed by atoms with Crippen LogP contribution in [0, 0.1) is 11.6 Å². The van der Waals surface area contributed by atoms with Crippen LogP contribution in [0.25, 0.3) is 22.0 Å². The summed E-state index contributed by atoms with van der Waals surface area (Å²) in [5, 5.41) is 3.98. The topological polar surface area (TPSA) is 79.7 Å². The SMILES string of the molecule is CNCCOC1CSc2c(-c3ccc(F)cc3F)c(Cl)cc3c(N4C[C@@H](C)N(C(C)=O)[C@@H](C)C4)nc(=O)n(c23)C1. The zero-order valence-electron chi connectivity index (χ0n) is 22.8. The van der Waals surface area contributed by atoms with E-state index in [2.05, 4.69) is 10.3 Å². The van der Waals surface area contributed by atoms with Gasteiger partial charge >= 0.3 is 5.69 Å². The summed E-state index contributed by atoms with van der Waals surface area (Å²) in [7, 11) is 1.83. The Hall–Kier alpha value is -2.73. The van der Waals surface area contributed by atoms with Crippen LogP contribution < -0.4 is 15.9 Å². The molecular formula is C28H32ClF2N5O3S. The molecule has 2 aliphatic heterocycles. The summed E-state index contributed by atoms with van der Waals surface area (Å²) in [5.41, 5.74) is 0.703. The van der Waals surface area contributed by atoms with E-state index in [0.717, 1.165) is 6.07 Å². The monoisotopic (exact) mass is 591 g/mol. The number of thioether (sulfide) groups is 1. The minimum Gasteiger partial charge on any atom is -0.374 e. The number of aromatic nitrogens is 2. The van der Waals surface area contributed by atoms with Gasteiger partial charge in [-0.25, -0.2) is 13.6 Å². The van der Waals surface area contributed by atoms with E-state index < -0.39 is 17.3 Å². The van der Waals surface area contributed by atoms with Crippen LogP contribution in [0.15, 0.2) is 34.0 Å². The van der Waals surface area contributed by atoms with Gasteiger partial charge in [0.05, 0.1) is 29.8 Å². The van der Waals surface area contributed by atoms with E-state index in [0.29, 0.717) is 59.2 Å².